The quantitative estimate of drug-likeness (QED) is 0.749. The molecule has 0 unspecified atom stereocenters. The van der Waals surface area contributed by atoms with Gasteiger partial charge in [-0.05, 0) is 11.4 Å². The fourth-order valence-corrected chi connectivity index (χ4v) is 2.27. The van der Waals surface area contributed by atoms with Crippen molar-refractivity contribution in [1.29, 1.82) is 0 Å². The van der Waals surface area contributed by atoms with Crippen LogP contribution in [0.2, 0.25) is 0 Å². The highest BCUT2D eigenvalue weighted by Gasteiger charge is 2.11. The van der Waals surface area contributed by atoms with Crippen LogP contribution in [0.25, 0.3) is 10.6 Å². The van der Waals surface area contributed by atoms with Crippen LogP contribution in [-0.4, -0.2) is 22.7 Å². The number of carbonyl (C=O) groups is 1. The molecular formula is C11H11FN2OS. The van der Waals surface area contributed by atoms with Crippen molar-refractivity contribution in [2.24, 2.45) is 0 Å². The third-order valence-corrected chi connectivity index (χ3v) is 3.09. The Bertz CT molecular complexity index is 464. The van der Waals surface area contributed by atoms with Crippen molar-refractivity contribution in [2.45, 2.75) is 13.0 Å². The van der Waals surface area contributed by atoms with Crippen molar-refractivity contribution in [3.63, 3.8) is 0 Å². The summed E-state index contributed by atoms with van der Waals surface area (Å²) in [5.41, 5.74) is 1.64. The third-order valence-electron chi connectivity index (χ3n) is 2.21. The van der Waals surface area contributed by atoms with E-state index in [9.17, 15) is 9.18 Å². The van der Waals surface area contributed by atoms with Gasteiger partial charge < -0.3 is 4.79 Å². The zero-order chi connectivity index (χ0) is 11.4. The normalized spacial score (nSPS) is 10.6. The highest BCUT2D eigenvalue weighted by Crippen LogP contribution is 2.26. The van der Waals surface area contributed by atoms with Crippen molar-refractivity contribution < 1.29 is 9.18 Å². The SMILES string of the molecule is O=CCc1cn(CCF)nc1-c1cccs1. The molecule has 16 heavy (non-hydrogen) atoms. The fourth-order valence-electron chi connectivity index (χ4n) is 1.52. The Kier molecular flexibility index (Phi) is 3.46. The van der Waals surface area contributed by atoms with Crippen molar-refractivity contribution >= 4 is 17.6 Å². The van der Waals surface area contributed by atoms with Gasteiger partial charge in [0.05, 0.1) is 11.4 Å². The van der Waals surface area contributed by atoms with E-state index in [0.717, 1.165) is 22.4 Å². The molecule has 0 aliphatic heterocycles. The van der Waals surface area contributed by atoms with E-state index >= 15 is 0 Å². The predicted octanol–water partition coefficient (Wildman–Crippen LogP) is 2.32. The molecule has 84 valence electrons. The molecule has 0 aromatic carbocycles. The fraction of sp³-hybridized carbons (Fsp3) is 0.273. The van der Waals surface area contributed by atoms with Crippen molar-refractivity contribution in [3.05, 3.63) is 29.3 Å². The average Bonchev–Trinajstić information content (AvgIpc) is 2.87. The van der Waals surface area contributed by atoms with Crippen LogP contribution in [0.3, 0.4) is 0 Å². The maximum Gasteiger partial charge on any atom is 0.124 e. The summed E-state index contributed by atoms with van der Waals surface area (Å²) in [5.74, 6) is 0. The molecule has 0 atom stereocenters. The number of carbonyl (C=O) groups excluding carboxylic acids is 1. The van der Waals surface area contributed by atoms with Crippen molar-refractivity contribution in [2.75, 3.05) is 6.67 Å². The predicted molar refractivity (Wildman–Crippen MR) is 61.3 cm³/mol. The standard InChI is InChI=1S/C11H11FN2OS/c12-4-5-14-8-9(3-6-15)11(13-14)10-2-1-7-16-10/h1-2,6-8H,3-5H2. The number of halogens is 1. The number of hydrogen-bond acceptors (Lipinski definition) is 3. The summed E-state index contributed by atoms with van der Waals surface area (Å²) in [6.45, 7) is -0.219. The molecule has 0 amide bonds. The zero-order valence-electron chi connectivity index (χ0n) is 8.60. The van der Waals surface area contributed by atoms with Gasteiger partial charge in [-0.1, -0.05) is 6.07 Å². The van der Waals surface area contributed by atoms with Crippen LogP contribution in [0.15, 0.2) is 23.7 Å². The minimum absolute atomic E-state index is 0.233. The maximum absolute atomic E-state index is 12.2. The summed E-state index contributed by atoms with van der Waals surface area (Å²) in [4.78, 5) is 11.6. The van der Waals surface area contributed by atoms with Gasteiger partial charge in [0.1, 0.15) is 18.7 Å². The van der Waals surface area contributed by atoms with E-state index in [0.29, 0.717) is 6.42 Å². The Balaban J connectivity index is 2.37. The molecule has 2 heterocycles. The van der Waals surface area contributed by atoms with Crippen LogP contribution in [0, 0.1) is 0 Å². The number of hydrogen-bond donors (Lipinski definition) is 0. The molecule has 0 radical (unpaired) electrons. The molecule has 0 aliphatic rings. The number of aldehydes is 1. The molecule has 0 saturated carbocycles. The summed E-state index contributed by atoms with van der Waals surface area (Å²) < 4.78 is 13.8. The highest BCUT2D eigenvalue weighted by molar-refractivity contribution is 7.13. The maximum atomic E-state index is 12.2. The van der Waals surface area contributed by atoms with Gasteiger partial charge in [0.2, 0.25) is 0 Å². The van der Waals surface area contributed by atoms with Gasteiger partial charge in [0, 0.05) is 18.2 Å². The molecule has 2 rings (SSSR count). The summed E-state index contributed by atoms with van der Waals surface area (Å²) in [5, 5.41) is 6.24. The Labute approximate surface area is 96.5 Å². The first-order valence-electron chi connectivity index (χ1n) is 4.95. The molecule has 2 aromatic heterocycles. The van der Waals surface area contributed by atoms with Crippen LogP contribution >= 0.6 is 11.3 Å². The van der Waals surface area contributed by atoms with E-state index in [-0.39, 0.29) is 6.54 Å². The van der Waals surface area contributed by atoms with Gasteiger partial charge in [-0.25, -0.2) is 4.39 Å². The van der Waals surface area contributed by atoms with Crippen molar-refractivity contribution in [1.82, 2.24) is 9.78 Å². The van der Waals surface area contributed by atoms with Crippen LogP contribution in [-0.2, 0) is 17.8 Å². The summed E-state index contributed by atoms with van der Waals surface area (Å²) in [7, 11) is 0. The zero-order valence-corrected chi connectivity index (χ0v) is 9.41. The molecular weight excluding hydrogens is 227 g/mol. The smallest absolute Gasteiger partial charge is 0.124 e. The Morgan fingerprint density at radius 1 is 1.56 bits per heavy atom. The first kappa shape index (κ1) is 11.0. The van der Waals surface area contributed by atoms with E-state index < -0.39 is 6.67 Å². The van der Waals surface area contributed by atoms with E-state index in [1.807, 2.05) is 17.5 Å². The van der Waals surface area contributed by atoms with Crippen LogP contribution in [0.5, 0.6) is 0 Å². The third kappa shape index (κ3) is 2.19. The molecule has 0 aliphatic carbocycles. The summed E-state index contributed by atoms with van der Waals surface area (Å²) in [6.07, 6.45) is 2.90. The van der Waals surface area contributed by atoms with E-state index in [1.54, 1.807) is 22.2 Å². The lowest BCUT2D eigenvalue weighted by Crippen LogP contribution is -1.99. The van der Waals surface area contributed by atoms with Gasteiger partial charge in [0.25, 0.3) is 0 Å². The van der Waals surface area contributed by atoms with Gasteiger partial charge in [-0.3, -0.25) is 4.68 Å². The summed E-state index contributed by atoms with van der Waals surface area (Å²) in [6, 6.07) is 3.87. The van der Waals surface area contributed by atoms with Gasteiger partial charge in [-0.2, -0.15) is 5.10 Å². The monoisotopic (exact) mass is 238 g/mol. The Hall–Kier alpha value is -1.49. The Morgan fingerprint density at radius 3 is 3.06 bits per heavy atom. The van der Waals surface area contributed by atoms with Crippen LogP contribution < -0.4 is 0 Å². The minimum Gasteiger partial charge on any atom is -0.303 e. The molecule has 0 fully saturated rings. The van der Waals surface area contributed by atoms with Crippen LogP contribution in [0.4, 0.5) is 4.39 Å². The largest absolute Gasteiger partial charge is 0.303 e. The molecule has 5 heteroatoms. The second-order valence-electron chi connectivity index (χ2n) is 3.30. The number of aryl methyl sites for hydroxylation is 1. The first-order chi connectivity index (χ1) is 7.85. The van der Waals surface area contributed by atoms with Crippen LogP contribution in [0.1, 0.15) is 5.56 Å². The molecule has 2 aromatic rings. The molecule has 0 saturated heterocycles. The lowest BCUT2D eigenvalue weighted by atomic mass is 10.2. The second kappa shape index (κ2) is 5.03. The van der Waals surface area contributed by atoms with E-state index in [1.165, 1.54) is 0 Å². The molecule has 0 N–H and O–H groups in total. The van der Waals surface area contributed by atoms with Crippen molar-refractivity contribution in [3.8, 4) is 10.6 Å². The number of nitrogens with zero attached hydrogens (tertiary/aromatic N) is 2. The molecule has 0 spiro atoms. The molecule has 0 bridgehead atoms. The van der Waals surface area contributed by atoms with Gasteiger partial charge in [-0.15, -0.1) is 11.3 Å². The van der Waals surface area contributed by atoms with E-state index in [2.05, 4.69) is 5.10 Å². The summed E-state index contributed by atoms with van der Waals surface area (Å²) >= 11 is 1.56. The minimum atomic E-state index is -0.452. The number of aromatic nitrogens is 2. The Morgan fingerprint density at radius 2 is 2.44 bits per heavy atom. The van der Waals surface area contributed by atoms with Gasteiger partial charge in [0.15, 0.2) is 0 Å². The second-order valence-corrected chi connectivity index (χ2v) is 4.25. The first-order valence-corrected chi connectivity index (χ1v) is 5.83. The lowest BCUT2D eigenvalue weighted by Gasteiger charge is -1.94. The average molecular weight is 238 g/mol. The molecule has 3 nitrogen and oxygen atoms in total. The lowest BCUT2D eigenvalue weighted by molar-refractivity contribution is -0.107. The number of alkyl halides is 1. The number of rotatable bonds is 5. The topological polar surface area (TPSA) is 34.9 Å². The van der Waals surface area contributed by atoms with Gasteiger partial charge >= 0.3 is 0 Å². The number of thiophene rings is 1. The highest BCUT2D eigenvalue weighted by atomic mass is 32.1. The van der Waals surface area contributed by atoms with E-state index in [4.69, 9.17) is 0 Å².